The first kappa shape index (κ1) is 15.3. The Hall–Kier alpha value is -1.71. The molecule has 1 aromatic rings. The first-order valence-electron chi connectivity index (χ1n) is 5.30. The molecule has 106 valence electrons. The Balaban J connectivity index is 3.09. The molecule has 0 spiro atoms. The summed E-state index contributed by atoms with van der Waals surface area (Å²) in [5.74, 6) is 0. The van der Waals surface area contributed by atoms with Crippen molar-refractivity contribution < 1.29 is 18.1 Å². The lowest BCUT2D eigenvalue weighted by atomic mass is 10.3. The van der Waals surface area contributed by atoms with Crippen molar-refractivity contribution in [2.75, 3.05) is 33.0 Å². The molecule has 0 fully saturated rings. The maximum Gasteiger partial charge on any atom is 0.292 e. The molecule has 2 N–H and O–H groups in total. The zero-order chi connectivity index (χ0) is 14.6. The summed E-state index contributed by atoms with van der Waals surface area (Å²) in [5.41, 5.74) is 4.96. The minimum absolute atomic E-state index is 0.0887. The second kappa shape index (κ2) is 5.95. The fourth-order valence-corrected chi connectivity index (χ4v) is 2.57. The van der Waals surface area contributed by atoms with E-state index in [4.69, 9.17) is 10.5 Å². The topological polar surface area (TPSA) is 116 Å². The summed E-state index contributed by atoms with van der Waals surface area (Å²) in [6, 6.07) is 3.32. The predicted octanol–water partition coefficient (Wildman–Crippen LogP) is 0.444. The maximum absolute atomic E-state index is 12.1. The van der Waals surface area contributed by atoms with Crippen LogP contribution in [0.1, 0.15) is 0 Å². The monoisotopic (exact) mass is 289 g/mol. The molecule has 0 radical (unpaired) electrons. The van der Waals surface area contributed by atoms with E-state index in [2.05, 4.69) is 0 Å². The van der Waals surface area contributed by atoms with Crippen molar-refractivity contribution in [1.29, 1.82) is 0 Å². The molecular weight excluding hydrogens is 274 g/mol. The molecule has 0 aliphatic rings. The van der Waals surface area contributed by atoms with Gasteiger partial charge in [-0.3, -0.25) is 10.1 Å². The fourth-order valence-electron chi connectivity index (χ4n) is 1.38. The van der Waals surface area contributed by atoms with Gasteiger partial charge in [0.05, 0.1) is 16.4 Å². The number of likely N-dealkylation sites (N-methyl/N-ethyl adjacent to an activating group) is 1. The minimum atomic E-state index is -3.73. The van der Waals surface area contributed by atoms with Gasteiger partial charge in [-0.2, -0.15) is 4.31 Å². The minimum Gasteiger partial charge on any atom is -0.393 e. The van der Waals surface area contributed by atoms with E-state index in [-0.39, 0.29) is 29.4 Å². The number of nitro groups is 1. The number of hydrogen-bond acceptors (Lipinski definition) is 6. The molecule has 1 aromatic carbocycles. The van der Waals surface area contributed by atoms with E-state index in [1.165, 1.54) is 14.2 Å². The number of hydrogen-bond donors (Lipinski definition) is 1. The molecule has 0 amide bonds. The average molecular weight is 289 g/mol. The number of nitrogens with zero attached hydrogens (tertiary/aromatic N) is 2. The molecule has 0 aliphatic carbocycles. The van der Waals surface area contributed by atoms with Crippen LogP contribution in [0.2, 0.25) is 0 Å². The number of ether oxygens (including phenoxy) is 1. The summed E-state index contributed by atoms with van der Waals surface area (Å²) in [6.07, 6.45) is 0. The van der Waals surface area contributed by atoms with Gasteiger partial charge in [-0.25, -0.2) is 8.42 Å². The number of rotatable bonds is 6. The Morgan fingerprint density at radius 1 is 1.47 bits per heavy atom. The molecule has 0 saturated carbocycles. The quantitative estimate of drug-likeness (QED) is 0.461. The van der Waals surface area contributed by atoms with E-state index < -0.39 is 14.9 Å². The van der Waals surface area contributed by atoms with Crippen LogP contribution in [0.5, 0.6) is 0 Å². The average Bonchev–Trinajstić information content (AvgIpc) is 2.35. The molecule has 0 aliphatic heterocycles. The summed E-state index contributed by atoms with van der Waals surface area (Å²) < 4.78 is 30.1. The Morgan fingerprint density at radius 3 is 2.58 bits per heavy atom. The van der Waals surface area contributed by atoms with E-state index in [0.29, 0.717) is 0 Å². The highest BCUT2D eigenvalue weighted by Crippen LogP contribution is 2.25. The second-order valence-electron chi connectivity index (χ2n) is 3.80. The summed E-state index contributed by atoms with van der Waals surface area (Å²) in [4.78, 5) is 9.85. The van der Waals surface area contributed by atoms with Gasteiger partial charge in [0.15, 0.2) is 0 Å². The number of benzene rings is 1. The summed E-state index contributed by atoms with van der Waals surface area (Å²) in [5, 5.41) is 10.6. The molecule has 9 heteroatoms. The largest absolute Gasteiger partial charge is 0.393 e. The molecule has 8 nitrogen and oxygen atoms in total. The number of nitrogens with two attached hydrogens (primary N) is 1. The van der Waals surface area contributed by atoms with Crippen molar-refractivity contribution in [3.05, 3.63) is 28.3 Å². The Kier molecular flexibility index (Phi) is 4.81. The molecule has 0 unspecified atom stereocenters. The van der Waals surface area contributed by atoms with Crippen molar-refractivity contribution in [3.8, 4) is 0 Å². The number of nitrogen functional groups attached to an aromatic ring is 1. The SMILES string of the molecule is COCCN(C)S(=O)(=O)c1ccc([N+](=O)[O-])c(N)c1. The number of methoxy groups -OCH3 is 1. The number of sulfonamides is 1. The molecule has 19 heavy (non-hydrogen) atoms. The lowest BCUT2D eigenvalue weighted by Gasteiger charge is -2.16. The number of anilines is 1. The van der Waals surface area contributed by atoms with E-state index in [1.807, 2.05) is 0 Å². The summed E-state index contributed by atoms with van der Waals surface area (Å²) >= 11 is 0. The standard InChI is InChI=1S/C10H15N3O5S/c1-12(5-6-18-2)19(16,17)8-3-4-10(13(14)15)9(11)7-8/h3-4,7H,5-6,11H2,1-2H3. The molecular formula is C10H15N3O5S. The maximum atomic E-state index is 12.1. The molecule has 0 heterocycles. The fraction of sp³-hybridized carbons (Fsp3) is 0.400. The van der Waals surface area contributed by atoms with Crippen LogP contribution >= 0.6 is 0 Å². The molecule has 0 aromatic heterocycles. The van der Waals surface area contributed by atoms with Crippen LogP contribution in [0.4, 0.5) is 11.4 Å². The van der Waals surface area contributed by atoms with Crippen molar-refractivity contribution in [1.82, 2.24) is 4.31 Å². The highest BCUT2D eigenvalue weighted by molar-refractivity contribution is 7.89. The van der Waals surface area contributed by atoms with E-state index >= 15 is 0 Å². The van der Waals surface area contributed by atoms with Crippen molar-refractivity contribution in [2.45, 2.75) is 4.90 Å². The van der Waals surface area contributed by atoms with E-state index in [0.717, 1.165) is 22.5 Å². The van der Waals surface area contributed by atoms with Gasteiger partial charge in [0, 0.05) is 26.8 Å². The van der Waals surface area contributed by atoms with E-state index in [9.17, 15) is 18.5 Å². The van der Waals surface area contributed by atoms with Gasteiger partial charge in [0.25, 0.3) is 5.69 Å². The van der Waals surface area contributed by atoms with Crippen LogP contribution in [0.3, 0.4) is 0 Å². The third-order valence-corrected chi connectivity index (χ3v) is 4.37. The highest BCUT2D eigenvalue weighted by atomic mass is 32.2. The zero-order valence-corrected chi connectivity index (χ0v) is 11.4. The van der Waals surface area contributed by atoms with Gasteiger partial charge in [-0.05, 0) is 12.1 Å². The second-order valence-corrected chi connectivity index (χ2v) is 5.84. The molecule has 1 rings (SSSR count). The molecule has 0 saturated heterocycles. The van der Waals surface area contributed by atoms with Crippen LogP contribution < -0.4 is 5.73 Å². The van der Waals surface area contributed by atoms with Gasteiger partial charge in [0.1, 0.15) is 5.69 Å². The van der Waals surface area contributed by atoms with Gasteiger partial charge >= 0.3 is 0 Å². The predicted molar refractivity (Wildman–Crippen MR) is 69.2 cm³/mol. The van der Waals surface area contributed by atoms with Gasteiger partial charge in [0.2, 0.25) is 10.0 Å². The van der Waals surface area contributed by atoms with Crippen molar-refractivity contribution in [2.24, 2.45) is 0 Å². The summed E-state index contributed by atoms with van der Waals surface area (Å²) in [6.45, 7) is 0.425. The molecule has 0 bridgehead atoms. The van der Waals surface area contributed by atoms with Crippen LogP contribution in [-0.4, -0.2) is 45.0 Å². The first-order chi connectivity index (χ1) is 8.80. The Bertz CT molecular complexity index is 573. The Labute approximate surface area is 111 Å². The third kappa shape index (κ3) is 3.40. The van der Waals surface area contributed by atoms with Crippen LogP contribution in [0.15, 0.2) is 23.1 Å². The smallest absolute Gasteiger partial charge is 0.292 e. The van der Waals surface area contributed by atoms with Gasteiger partial charge in [-0.15, -0.1) is 0 Å². The van der Waals surface area contributed by atoms with Crippen LogP contribution in [0.25, 0.3) is 0 Å². The van der Waals surface area contributed by atoms with Gasteiger partial charge in [-0.1, -0.05) is 0 Å². The van der Waals surface area contributed by atoms with Crippen LogP contribution in [0, 0.1) is 10.1 Å². The lowest BCUT2D eigenvalue weighted by Crippen LogP contribution is -2.30. The van der Waals surface area contributed by atoms with E-state index in [1.54, 1.807) is 0 Å². The van der Waals surface area contributed by atoms with Crippen molar-refractivity contribution >= 4 is 21.4 Å². The Morgan fingerprint density at radius 2 is 2.11 bits per heavy atom. The van der Waals surface area contributed by atoms with Gasteiger partial charge < -0.3 is 10.5 Å². The van der Waals surface area contributed by atoms with Crippen molar-refractivity contribution in [3.63, 3.8) is 0 Å². The van der Waals surface area contributed by atoms with Crippen LogP contribution in [-0.2, 0) is 14.8 Å². The first-order valence-corrected chi connectivity index (χ1v) is 6.74. The highest BCUT2D eigenvalue weighted by Gasteiger charge is 2.23. The normalized spacial score (nSPS) is 11.7. The zero-order valence-electron chi connectivity index (χ0n) is 10.6. The number of nitro benzene ring substituents is 1. The lowest BCUT2D eigenvalue weighted by molar-refractivity contribution is -0.383. The summed E-state index contributed by atoms with van der Waals surface area (Å²) in [7, 11) is -0.868. The third-order valence-electron chi connectivity index (χ3n) is 2.51. The molecule has 0 atom stereocenters.